The molecule has 3 amide bonds. The van der Waals surface area contributed by atoms with Gasteiger partial charge in [-0.25, -0.2) is 4.79 Å². The second-order valence-corrected chi connectivity index (χ2v) is 5.47. The fourth-order valence-corrected chi connectivity index (χ4v) is 2.63. The molecule has 2 unspecified atom stereocenters. The summed E-state index contributed by atoms with van der Waals surface area (Å²) < 4.78 is 0. The van der Waals surface area contributed by atoms with E-state index in [1.807, 2.05) is 6.92 Å². The summed E-state index contributed by atoms with van der Waals surface area (Å²) in [5, 5.41) is 8.24. The van der Waals surface area contributed by atoms with Crippen molar-refractivity contribution < 1.29 is 9.59 Å². The molecule has 1 saturated heterocycles. The molecule has 1 aliphatic carbocycles. The van der Waals surface area contributed by atoms with Crippen molar-refractivity contribution in [3.8, 4) is 0 Å². The number of carbonyl (C=O) groups excluding carboxylic acids is 2. The molecular weight excluding hydrogens is 244 g/mol. The molecule has 2 aliphatic rings. The summed E-state index contributed by atoms with van der Waals surface area (Å²) in [4.78, 5) is 25.5. The minimum atomic E-state index is -0.438. The molecule has 6 nitrogen and oxygen atoms in total. The summed E-state index contributed by atoms with van der Waals surface area (Å²) in [5.41, 5.74) is 0. The molecule has 0 aromatic carbocycles. The molecule has 108 valence electrons. The Hall–Kier alpha value is -1.14. The molecule has 6 heteroatoms. The Kier molecular flexibility index (Phi) is 4.76. The highest BCUT2D eigenvalue weighted by molar-refractivity contribution is 5.96. The maximum Gasteiger partial charge on any atom is 0.321 e. The van der Waals surface area contributed by atoms with Crippen LogP contribution in [0.15, 0.2) is 0 Å². The van der Waals surface area contributed by atoms with Gasteiger partial charge in [-0.2, -0.15) is 0 Å². The van der Waals surface area contributed by atoms with E-state index in [-0.39, 0.29) is 11.9 Å². The van der Waals surface area contributed by atoms with Gasteiger partial charge in [0.05, 0.1) is 6.04 Å². The predicted octanol–water partition coefficient (Wildman–Crippen LogP) is 0.0469. The zero-order chi connectivity index (χ0) is 13.8. The molecule has 0 aromatic rings. The van der Waals surface area contributed by atoms with Gasteiger partial charge in [-0.15, -0.1) is 0 Å². The Bertz CT molecular complexity index is 338. The Morgan fingerprint density at radius 1 is 1.37 bits per heavy atom. The number of carbonyl (C=O) groups is 2. The minimum Gasteiger partial charge on any atom is -0.341 e. The summed E-state index contributed by atoms with van der Waals surface area (Å²) in [7, 11) is 1.51. The highest BCUT2D eigenvalue weighted by Gasteiger charge is 2.36. The minimum absolute atomic E-state index is 0.218. The van der Waals surface area contributed by atoms with Crippen LogP contribution in [0.25, 0.3) is 0 Å². The molecule has 0 bridgehead atoms. The number of hydrogen-bond acceptors (Lipinski definition) is 4. The predicted molar refractivity (Wildman–Crippen MR) is 72.8 cm³/mol. The zero-order valence-electron chi connectivity index (χ0n) is 11.7. The van der Waals surface area contributed by atoms with Crippen LogP contribution in [0.3, 0.4) is 0 Å². The van der Waals surface area contributed by atoms with E-state index < -0.39 is 6.03 Å². The third-order valence-corrected chi connectivity index (χ3v) is 3.95. The molecule has 1 heterocycles. The van der Waals surface area contributed by atoms with Gasteiger partial charge >= 0.3 is 6.03 Å². The summed E-state index contributed by atoms with van der Waals surface area (Å²) in [6.07, 6.45) is 4.70. The second kappa shape index (κ2) is 6.34. The van der Waals surface area contributed by atoms with Crippen molar-refractivity contribution in [3.63, 3.8) is 0 Å². The first-order valence-corrected chi connectivity index (χ1v) is 7.13. The van der Waals surface area contributed by atoms with Crippen molar-refractivity contribution >= 4 is 11.9 Å². The molecule has 3 N–H and O–H groups in total. The average molecular weight is 268 g/mol. The fraction of sp³-hybridized carbons (Fsp3) is 0.846. The van der Waals surface area contributed by atoms with Crippen LogP contribution in [0.4, 0.5) is 4.79 Å². The summed E-state index contributed by atoms with van der Waals surface area (Å²) in [6, 6.07) is 0.294. The first-order chi connectivity index (χ1) is 9.11. The topological polar surface area (TPSA) is 73.5 Å². The van der Waals surface area contributed by atoms with E-state index in [9.17, 15) is 9.59 Å². The Labute approximate surface area is 114 Å². The SMILES string of the molecule is CNC(=O)NC(=O)C(C)N(CC1CCCN1)C1CC1. The van der Waals surface area contributed by atoms with Crippen LogP contribution in [0.5, 0.6) is 0 Å². The van der Waals surface area contributed by atoms with Gasteiger partial charge in [0.2, 0.25) is 5.91 Å². The first-order valence-electron chi connectivity index (χ1n) is 7.13. The maximum absolute atomic E-state index is 12.0. The summed E-state index contributed by atoms with van der Waals surface area (Å²) in [5.74, 6) is -0.218. The molecule has 2 fully saturated rings. The Morgan fingerprint density at radius 2 is 2.11 bits per heavy atom. The molecule has 1 saturated carbocycles. The summed E-state index contributed by atoms with van der Waals surface area (Å²) in [6.45, 7) is 3.85. The van der Waals surface area contributed by atoms with Gasteiger partial charge < -0.3 is 10.6 Å². The lowest BCUT2D eigenvalue weighted by atomic mass is 10.1. The Balaban J connectivity index is 1.89. The number of hydrogen-bond donors (Lipinski definition) is 3. The van der Waals surface area contributed by atoms with Crippen molar-refractivity contribution in [1.29, 1.82) is 0 Å². The van der Waals surface area contributed by atoms with Crippen LogP contribution < -0.4 is 16.0 Å². The number of imide groups is 1. The van der Waals surface area contributed by atoms with Crippen molar-refractivity contribution in [3.05, 3.63) is 0 Å². The lowest BCUT2D eigenvalue weighted by Gasteiger charge is -2.30. The zero-order valence-corrected chi connectivity index (χ0v) is 11.7. The van der Waals surface area contributed by atoms with Crippen LogP contribution in [0.2, 0.25) is 0 Å². The highest BCUT2D eigenvalue weighted by atomic mass is 16.2. The molecule has 0 aromatic heterocycles. The molecule has 2 rings (SSSR count). The quantitative estimate of drug-likeness (QED) is 0.658. The average Bonchev–Trinajstić information content (AvgIpc) is 3.12. The van der Waals surface area contributed by atoms with E-state index in [2.05, 4.69) is 20.9 Å². The monoisotopic (exact) mass is 268 g/mol. The largest absolute Gasteiger partial charge is 0.341 e. The summed E-state index contributed by atoms with van der Waals surface area (Å²) >= 11 is 0. The van der Waals surface area contributed by atoms with Gasteiger partial charge in [-0.05, 0) is 39.2 Å². The van der Waals surface area contributed by atoms with Crippen LogP contribution >= 0.6 is 0 Å². The molecule has 0 radical (unpaired) electrons. The van der Waals surface area contributed by atoms with Crippen LogP contribution in [-0.4, -0.2) is 55.1 Å². The van der Waals surface area contributed by atoms with Gasteiger partial charge in [-0.1, -0.05) is 0 Å². The molecule has 1 aliphatic heterocycles. The van der Waals surface area contributed by atoms with Crippen molar-refractivity contribution in [2.24, 2.45) is 0 Å². The van der Waals surface area contributed by atoms with Crippen molar-refractivity contribution in [2.75, 3.05) is 20.1 Å². The Morgan fingerprint density at radius 3 is 2.63 bits per heavy atom. The van der Waals surface area contributed by atoms with Gasteiger partial charge in [-0.3, -0.25) is 15.0 Å². The van der Waals surface area contributed by atoms with E-state index in [1.165, 1.54) is 19.9 Å². The molecular formula is C13H24N4O2. The standard InChI is InChI=1S/C13H24N4O2/c1-9(12(18)16-13(19)14-2)17(11-5-6-11)8-10-4-3-7-15-10/h9-11,15H,3-8H2,1-2H3,(H2,14,16,18,19). The number of rotatable bonds is 5. The van der Waals surface area contributed by atoms with E-state index in [1.54, 1.807) is 0 Å². The second-order valence-electron chi connectivity index (χ2n) is 5.47. The number of urea groups is 1. The van der Waals surface area contributed by atoms with Crippen molar-refractivity contribution in [2.45, 2.75) is 50.7 Å². The maximum atomic E-state index is 12.0. The van der Waals surface area contributed by atoms with Crippen LogP contribution in [0.1, 0.15) is 32.6 Å². The first kappa shape index (κ1) is 14.3. The lowest BCUT2D eigenvalue weighted by Crippen LogP contribution is -2.52. The molecule has 0 spiro atoms. The van der Waals surface area contributed by atoms with E-state index in [0.717, 1.165) is 25.9 Å². The third-order valence-electron chi connectivity index (χ3n) is 3.95. The lowest BCUT2D eigenvalue weighted by molar-refractivity contribution is -0.125. The van der Waals surface area contributed by atoms with Crippen LogP contribution in [-0.2, 0) is 4.79 Å². The van der Waals surface area contributed by atoms with Crippen LogP contribution in [0, 0.1) is 0 Å². The number of amides is 3. The van der Waals surface area contributed by atoms with Gasteiger partial charge in [0, 0.05) is 25.7 Å². The normalized spacial score (nSPS) is 24.3. The third kappa shape index (κ3) is 3.91. The molecule has 2 atom stereocenters. The number of nitrogens with zero attached hydrogens (tertiary/aromatic N) is 1. The van der Waals surface area contributed by atoms with Gasteiger partial charge in [0.1, 0.15) is 0 Å². The van der Waals surface area contributed by atoms with Gasteiger partial charge in [0.25, 0.3) is 0 Å². The van der Waals surface area contributed by atoms with Crippen molar-refractivity contribution in [1.82, 2.24) is 20.9 Å². The fourth-order valence-electron chi connectivity index (χ4n) is 2.63. The van der Waals surface area contributed by atoms with E-state index >= 15 is 0 Å². The van der Waals surface area contributed by atoms with E-state index in [0.29, 0.717) is 12.1 Å². The smallest absolute Gasteiger partial charge is 0.321 e. The number of nitrogens with one attached hydrogen (secondary N) is 3. The van der Waals surface area contributed by atoms with E-state index in [4.69, 9.17) is 0 Å². The molecule has 19 heavy (non-hydrogen) atoms. The highest BCUT2D eigenvalue weighted by Crippen LogP contribution is 2.29. The van der Waals surface area contributed by atoms with Gasteiger partial charge in [0.15, 0.2) is 0 Å².